The van der Waals surface area contributed by atoms with E-state index >= 15 is 0 Å². The summed E-state index contributed by atoms with van der Waals surface area (Å²) >= 11 is 0. The minimum absolute atomic E-state index is 0.865. The van der Waals surface area contributed by atoms with Gasteiger partial charge in [0.2, 0.25) is 0 Å². The van der Waals surface area contributed by atoms with Gasteiger partial charge in [0.25, 0.3) is 0 Å². The van der Waals surface area contributed by atoms with Crippen molar-refractivity contribution in [2.24, 2.45) is 0 Å². The van der Waals surface area contributed by atoms with Crippen LogP contribution in [0.3, 0.4) is 0 Å². The highest BCUT2D eigenvalue weighted by Crippen LogP contribution is 2.17. The lowest BCUT2D eigenvalue weighted by Crippen LogP contribution is -1.98. The van der Waals surface area contributed by atoms with E-state index in [1.807, 2.05) is 0 Å². The van der Waals surface area contributed by atoms with Crippen molar-refractivity contribution in [3.05, 3.63) is 29.8 Å². The number of unbranched alkanes of at least 4 members (excludes halogenated alkanes) is 18. The molecule has 0 radical (unpaired) electrons. The Morgan fingerprint density at radius 2 is 0.897 bits per heavy atom. The maximum absolute atomic E-state index is 5.87. The van der Waals surface area contributed by atoms with Gasteiger partial charge in [-0.25, -0.2) is 0 Å². The maximum atomic E-state index is 5.87. The van der Waals surface area contributed by atoms with Crippen LogP contribution in [-0.4, -0.2) is 6.61 Å². The summed E-state index contributed by atoms with van der Waals surface area (Å²) < 4.78 is 5.87. The summed E-state index contributed by atoms with van der Waals surface area (Å²) in [6.45, 7) is 5.28. The number of ether oxygens (including phenoxy) is 1. The Hall–Kier alpha value is -0.980. The summed E-state index contributed by atoms with van der Waals surface area (Å²) in [6.07, 6.45) is 27.1. The van der Waals surface area contributed by atoms with Crippen molar-refractivity contribution in [1.29, 1.82) is 0 Å². The van der Waals surface area contributed by atoms with Gasteiger partial charge < -0.3 is 4.74 Å². The lowest BCUT2D eigenvalue weighted by atomic mass is 10.0. The molecule has 0 atom stereocenters. The van der Waals surface area contributed by atoms with Crippen molar-refractivity contribution in [2.45, 2.75) is 136 Å². The second-order valence-corrected chi connectivity index (χ2v) is 8.98. The molecule has 1 rings (SSSR count). The standard InChI is InChI=1S/C28H50O/c1-3-4-5-6-7-8-9-10-11-12-13-14-15-16-17-18-19-20-23-26-29-28-25-22-21-24-27(28)2/h21-22,24-25H,3-20,23,26H2,1-2H3. The fourth-order valence-corrected chi connectivity index (χ4v) is 4.08. The van der Waals surface area contributed by atoms with Crippen molar-refractivity contribution in [1.82, 2.24) is 0 Å². The zero-order valence-electron chi connectivity index (χ0n) is 19.9. The van der Waals surface area contributed by atoms with Gasteiger partial charge in [-0.15, -0.1) is 0 Å². The first-order chi connectivity index (χ1) is 14.3. The van der Waals surface area contributed by atoms with Gasteiger partial charge in [0.15, 0.2) is 0 Å². The van der Waals surface area contributed by atoms with Crippen LogP contribution in [0.15, 0.2) is 24.3 Å². The number of hydrogen-bond acceptors (Lipinski definition) is 1. The van der Waals surface area contributed by atoms with Crippen LogP contribution in [-0.2, 0) is 0 Å². The van der Waals surface area contributed by atoms with Crippen LogP contribution in [0.25, 0.3) is 0 Å². The van der Waals surface area contributed by atoms with Crippen LogP contribution in [0.1, 0.15) is 134 Å². The van der Waals surface area contributed by atoms with Crippen LogP contribution in [0.4, 0.5) is 0 Å². The molecule has 0 unspecified atom stereocenters. The van der Waals surface area contributed by atoms with E-state index in [-0.39, 0.29) is 0 Å². The van der Waals surface area contributed by atoms with Gasteiger partial charge in [0.05, 0.1) is 6.61 Å². The van der Waals surface area contributed by atoms with Crippen LogP contribution in [0.5, 0.6) is 5.75 Å². The molecule has 0 heterocycles. The summed E-state index contributed by atoms with van der Waals surface area (Å²) in [5, 5.41) is 0. The van der Waals surface area contributed by atoms with E-state index in [0.29, 0.717) is 0 Å². The van der Waals surface area contributed by atoms with E-state index in [4.69, 9.17) is 4.74 Å². The molecular weight excluding hydrogens is 352 g/mol. The van der Waals surface area contributed by atoms with Crippen molar-refractivity contribution >= 4 is 0 Å². The summed E-state index contributed by atoms with van der Waals surface area (Å²) in [4.78, 5) is 0. The van der Waals surface area contributed by atoms with Crippen molar-refractivity contribution in [3.63, 3.8) is 0 Å². The lowest BCUT2D eigenvalue weighted by Gasteiger charge is -2.08. The first-order valence-electron chi connectivity index (χ1n) is 13.0. The minimum Gasteiger partial charge on any atom is -0.493 e. The molecule has 0 amide bonds. The summed E-state index contributed by atoms with van der Waals surface area (Å²) in [6, 6.07) is 8.31. The molecule has 1 aromatic rings. The minimum atomic E-state index is 0.865. The Balaban J connectivity index is 1.70. The SMILES string of the molecule is CCCCCCCCCCCCCCCCCCCCCOc1ccccc1C. The molecule has 168 valence electrons. The molecular formula is C28H50O. The molecule has 1 aromatic carbocycles. The molecule has 1 nitrogen and oxygen atoms in total. The van der Waals surface area contributed by atoms with Crippen molar-refractivity contribution < 1.29 is 4.74 Å². The Labute approximate surface area is 183 Å². The second-order valence-electron chi connectivity index (χ2n) is 8.98. The molecule has 0 spiro atoms. The molecule has 0 aliphatic heterocycles. The quantitative estimate of drug-likeness (QED) is 0.186. The van der Waals surface area contributed by atoms with Gasteiger partial charge in [0.1, 0.15) is 5.75 Å². The molecule has 0 saturated heterocycles. The van der Waals surface area contributed by atoms with Crippen LogP contribution in [0.2, 0.25) is 0 Å². The predicted octanol–water partition coefficient (Wildman–Crippen LogP) is 9.81. The zero-order chi connectivity index (χ0) is 20.8. The number of benzene rings is 1. The molecule has 0 N–H and O–H groups in total. The van der Waals surface area contributed by atoms with Gasteiger partial charge in [-0.1, -0.05) is 141 Å². The molecule has 0 bridgehead atoms. The Kier molecular flexibility index (Phi) is 18.2. The Morgan fingerprint density at radius 3 is 1.31 bits per heavy atom. The average Bonchev–Trinajstić information content (AvgIpc) is 2.73. The topological polar surface area (TPSA) is 9.23 Å². The Morgan fingerprint density at radius 1 is 0.517 bits per heavy atom. The Bertz CT molecular complexity index is 453. The molecule has 29 heavy (non-hydrogen) atoms. The molecule has 0 aliphatic carbocycles. The third-order valence-electron chi connectivity index (χ3n) is 6.10. The van der Waals surface area contributed by atoms with Crippen molar-refractivity contribution in [3.8, 4) is 5.75 Å². The third kappa shape index (κ3) is 16.5. The molecule has 0 fully saturated rings. The van der Waals surface area contributed by atoms with Gasteiger partial charge in [-0.3, -0.25) is 0 Å². The fraction of sp³-hybridized carbons (Fsp3) is 0.786. The van der Waals surface area contributed by atoms with E-state index in [9.17, 15) is 0 Å². The molecule has 1 heteroatoms. The van der Waals surface area contributed by atoms with E-state index in [1.165, 1.54) is 128 Å². The average molecular weight is 403 g/mol. The first kappa shape index (κ1) is 26.1. The monoisotopic (exact) mass is 402 g/mol. The molecule has 0 aliphatic rings. The second kappa shape index (κ2) is 20.3. The molecule has 0 saturated carbocycles. The van der Waals surface area contributed by atoms with E-state index in [1.54, 1.807) is 0 Å². The van der Waals surface area contributed by atoms with Crippen LogP contribution in [0, 0.1) is 6.92 Å². The van der Waals surface area contributed by atoms with Crippen LogP contribution >= 0.6 is 0 Å². The summed E-state index contributed by atoms with van der Waals surface area (Å²) in [7, 11) is 0. The summed E-state index contributed by atoms with van der Waals surface area (Å²) in [5.74, 6) is 1.05. The molecule has 0 aromatic heterocycles. The van der Waals surface area contributed by atoms with Crippen molar-refractivity contribution in [2.75, 3.05) is 6.61 Å². The maximum Gasteiger partial charge on any atom is 0.122 e. The zero-order valence-corrected chi connectivity index (χ0v) is 19.9. The van der Waals surface area contributed by atoms with E-state index in [2.05, 4.69) is 38.1 Å². The summed E-state index contributed by atoms with van der Waals surface area (Å²) in [5.41, 5.74) is 1.24. The first-order valence-corrected chi connectivity index (χ1v) is 13.0. The lowest BCUT2D eigenvalue weighted by molar-refractivity contribution is 0.302. The van der Waals surface area contributed by atoms with Gasteiger partial charge >= 0.3 is 0 Å². The normalized spacial score (nSPS) is 11.1. The van der Waals surface area contributed by atoms with Gasteiger partial charge in [-0.05, 0) is 25.0 Å². The highest BCUT2D eigenvalue weighted by molar-refractivity contribution is 5.31. The van der Waals surface area contributed by atoms with Crippen LogP contribution < -0.4 is 4.74 Å². The number of aryl methyl sites for hydroxylation is 1. The number of para-hydroxylation sites is 1. The smallest absolute Gasteiger partial charge is 0.122 e. The van der Waals surface area contributed by atoms with Gasteiger partial charge in [0, 0.05) is 0 Å². The highest BCUT2D eigenvalue weighted by Gasteiger charge is 1.98. The number of hydrogen-bond donors (Lipinski definition) is 0. The fourth-order valence-electron chi connectivity index (χ4n) is 4.08. The van der Waals surface area contributed by atoms with E-state index < -0.39 is 0 Å². The van der Waals surface area contributed by atoms with E-state index in [0.717, 1.165) is 12.4 Å². The number of rotatable bonds is 21. The largest absolute Gasteiger partial charge is 0.493 e. The predicted molar refractivity (Wildman–Crippen MR) is 130 cm³/mol. The highest BCUT2D eigenvalue weighted by atomic mass is 16.5. The third-order valence-corrected chi connectivity index (χ3v) is 6.10. The van der Waals surface area contributed by atoms with Gasteiger partial charge in [-0.2, -0.15) is 0 Å².